The van der Waals surface area contributed by atoms with E-state index in [0.29, 0.717) is 0 Å². The zero-order chi connectivity index (χ0) is 59.9. The molecule has 3 nitrogen and oxygen atoms in total. The van der Waals surface area contributed by atoms with E-state index in [1.54, 1.807) is 0 Å². The molecule has 17 aromatic carbocycles. The molecule has 0 N–H and O–H groups in total. The molecule has 0 saturated carbocycles. The van der Waals surface area contributed by atoms with Gasteiger partial charge in [0.2, 0.25) is 0 Å². The van der Waals surface area contributed by atoms with Crippen LogP contribution in [0.4, 0.5) is 34.1 Å². The van der Waals surface area contributed by atoms with E-state index in [2.05, 4.69) is 343 Å². The van der Waals surface area contributed by atoms with Crippen molar-refractivity contribution in [2.24, 2.45) is 0 Å². The lowest BCUT2D eigenvalue weighted by atomic mass is 9.94. The number of nitrogens with zero attached hydrogens (tertiary/aromatic N) is 2. The number of para-hydroxylation sites is 3. The number of hydrogen-bond acceptors (Lipinski definition) is 3. The largest absolute Gasteiger partial charge is 0.456 e. The maximum Gasteiger partial charge on any atom is 0.136 e. The number of fused-ring (bicyclic) bond motifs is 14. The molecule has 0 atom stereocenters. The summed E-state index contributed by atoms with van der Waals surface area (Å²) < 4.78 is 6.60. The Labute approximate surface area is 526 Å². The lowest BCUT2D eigenvalue weighted by molar-refractivity contribution is 0.669. The molecule has 1 aromatic heterocycles. The summed E-state index contributed by atoms with van der Waals surface area (Å²) in [5.74, 6) is 0. The maximum atomic E-state index is 6.60. The van der Waals surface area contributed by atoms with E-state index in [4.69, 9.17) is 4.42 Å². The van der Waals surface area contributed by atoms with Crippen molar-refractivity contribution in [2.75, 3.05) is 9.80 Å². The van der Waals surface area contributed by atoms with Gasteiger partial charge in [0.25, 0.3) is 0 Å². The summed E-state index contributed by atoms with van der Waals surface area (Å²) in [5.41, 5.74) is 17.3. The molecule has 0 aliphatic carbocycles. The summed E-state index contributed by atoms with van der Waals surface area (Å²) in [4.78, 5) is 4.94. The second-order valence-electron chi connectivity index (χ2n) is 23.9. The van der Waals surface area contributed by atoms with Crippen LogP contribution >= 0.6 is 0 Å². The fourth-order valence-corrected chi connectivity index (χ4v) is 14.5. The second kappa shape index (κ2) is 21.4. The molecule has 0 saturated heterocycles. The van der Waals surface area contributed by atoms with Gasteiger partial charge in [-0.25, -0.2) is 0 Å². The highest BCUT2D eigenvalue weighted by atomic mass is 16.3. The van der Waals surface area contributed by atoms with Gasteiger partial charge in [-0.1, -0.05) is 261 Å². The zero-order valence-electron chi connectivity index (χ0n) is 49.6. The first-order valence-corrected chi connectivity index (χ1v) is 31.3. The van der Waals surface area contributed by atoms with Crippen LogP contribution in [0, 0.1) is 0 Å². The maximum absolute atomic E-state index is 6.60. The summed E-state index contributed by atoms with van der Waals surface area (Å²) in [6.07, 6.45) is 0. The molecule has 0 spiro atoms. The highest BCUT2D eigenvalue weighted by Gasteiger charge is 2.25. The third-order valence-electron chi connectivity index (χ3n) is 18.8. The van der Waals surface area contributed by atoms with Crippen molar-refractivity contribution in [2.45, 2.75) is 0 Å². The first kappa shape index (κ1) is 52.1. The van der Waals surface area contributed by atoms with Crippen LogP contribution in [0.2, 0.25) is 0 Å². The van der Waals surface area contributed by atoms with E-state index in [1.165, 1.54) is 86.7 Å². The molecule has 0 unspecified atom stereocenters. The van der Waals surface area contributed by atoms with Gasteiger partial charge in [-0.15, -0.1) is 0 Å². The van der Waals surface area contributed by atoms with E-state index in [1.807, 2.05) is 6.07 Å². The standard InChI is InChI=1S/C88H56N2O/c1-2-18-57(19-3-1)61-42-50-73-65(52-61)36-37-66-54-69(48-51-74(66)73)89(67-44-38-58(39-45-67)62-43-49-72-64(53-62)35-34-59-20-4-6-22-70(59)72)83-31-15-12-27-78(83)79-28-13-16-32-84(79)90(85-55-63-21-5-7-23-71(63)75-24-8-10-26-77(75)85)68-46-40-60(41-47-68)82-56-87-88(80-29-11-9-25-76(80)82)81-30-14-17-33-86(81)91-87/h1-56H. The summed E-state index contributed by atoms with van der Waals surface area (Å²) in [6, 6.07) is 125. The average molecular weight is 1160 g/mol. The van der Waals surface area contributed by atoms with Gasteiger partial charge in [-0.2, -0.15) is 0 Å². The van der Waals surface area contributed by atoms with Crippen LogP contribution in [0.1, 0.15) is 0 Å². The Morgan fingerprint density at radius 3 is 1.30 bits per heavy atom. The molecular formula is C88H56N2O. The Bertz CT molecular complexity index is 5900. The van der Waals surface area contributed by atoms with Crippen LogP contribution in [0.15, 0.2) is 344 Å². The minimum atomic E-state index is 0.884. The smallest absolute Gasteiger partial charge is 0.136 e. The fourth-order valence-electron chi connectivity index (χ4n) is 14.5. The number of anilines is 6. The number of benzene rings is 17. The van der Waals surface area contributed by atoms with Gasteiger partial charge in [0.15, 0.2) is 0 Å². The predicted octanol–water partition coefficient (Wildman–Crippen LogP) is 25.3. The van der Waals surface area contributed by atoms with Crippen LogP contribution in [0.3, 0.4) is 0 Å². The van der Waals surface area contributed by atoms with E-state index in [0.717, 1.165) is 89.3 Å². The van der Waals surface area contributed by atoms with Gasteiger partial charge in [0.1, 0.15) is 11.2 Å². The molecule has 0 bridgehead atoms. The fraction of sp³-hybridized carbons (Fsp3) is 0. The minimum absolute atomic E-state index is 0.884. The van der Waals surface area contributed by atoms with Gasteiger partial charge in [0, 0.05) is 44.3 Å². The van der Waals surface area contributed by atoms with Crippen molar-refractivity contribution in [3.05, 3.63) is 340 Å². The molecule has 0 aliphatic heterocycles. The van der Waals surface area contributed by atoms with Gasteiger partial charge in [0.05, 0.1) is 17.1 Å². The highest BCUT2D eigenvalue weighted by Crippen LogP contribution is 2.50. The molecule has 0 amide bonds. The molecule has 0 aliphatic rings. The third kappa shape index (κ3) is 8.81. The summed E-state index contributed by atoms with van der Waals surface area (Å²) in [6.45, 7) is 0. The average Bonchev–Trinajstić information content (AvgIpc) is 1.81. The van der Waals surface area contributed by atoms with Crippen molar-refractivity contribution in [3.8, 4) is 44.5 Å². The molecular weight excluding hydrogens is 1100 g/mol. The predicted molar refractivity (Wildman–Crippen MR) is 387 cm³/mol. The van der Waals surface area contributed by atoms with Crippen LogP contribution in [-0.4, -0.2) is 0 Å². The van der Waals surface area contributed by atoms with Crippen LogP contribution in [-0.2, 0) is 0 Å². The number of furan rings is 1. The van der Waals surface area contributed by atoms with Crippen LogP contribution in [0.5, 0.6) is 0 Å². The Morgan fingerprint density at radius 2 is 0.615 bits per heavy atom. The van der Waals surface area contributed by atoms with Crippen molar-refractivity contribution in [1.29, 1.82) is 0 Å². The zero-order valence-corrected chi connectivity index (χ0v) is 49.6. The molecule has 0 fully saturated rings. The van der Waals surface area contributed by atoms with Crippen molar-refractivity contribution in [1.82, 2.24) is 0 Å². The van der Waals surface area contributed by atoms with Crippen molar-refractivity contribution >= 4 is 131 Å². The first-order chi connectivity index (χ1) is 45.1. The summed E-state index contributed by atoms with van der Waals surface area (Å²) in [5, 5.41) is 19.2. The third-order valence-corrected chi connectivity index (χ3v) is 18.8. The van der Waals surface area contributed by atoms with Gasteiger partial charge in [-0.05, 0) is 182 Å². The lowest BCUT2D eigenvalue weighted by Crippen LogP contribution is -2.14. The van der Waals surface area contributed by atoms with E-state index < -0.39 is 0 Å². The van der Waals surface area contributed by atoms with E-state index in [9.17, 15) is 0 Å². The van der Waals surface area contributed by atoms with E-state index >= 15 is 0 Å². The molecule has 1 heterocycles. The van der Waals surface area contributed by atoms with Gasteiger partial charge in [-0.3, -0.25) is 0 Å². The van der Waals surface area contributed by atoms with E-state index in [-0.39, 0.29) is 0 Å². The minimum Gasteiger partial charge on any atom is -0.456 e. The number of rotatable bonds is 10. The second-order valence-corrected chi connectivity index (χ2v) is 23.9. The SMILES string of the molecule is c1ccc(-c2ccc3c(ccc4cc(N(c5ccc(-c6ccc7c(ccc8ccccc87)c6)cc5)c5ccccc5-c5ccccc5N(c5ccc(-c6cc7oc8ccccc8c7c7ccccc67)cc5)c5cc6ccccc6c6ccccc56)ccc43)c2)cc1. The number of hydrogen-bond donors (Lipinski definition) is 0. The molecule has 424 valence electrons. The molecule has 18 rings (SSSR count). The van der Waals surface area contributed by atoms with Crippen LogP contribution in [0.25, 0.3) is 142 Å². The highest BCUT2D eigenvalue weighted by molar-refractivity contribution is 6.22. The Morgan fingerprint density at radius 1 is 0.187 bits per heavy atom. The normalized spacial score (nSPS) is 11.7. The topological polar surface area (TPSA) is 19.6 Å². The first-order valence-electron chi connectivity index (χ1n) is 31.3. The van der Waals surface area contributed by atoms with Gasteiger partial charge < -0.3 is 14.2 Å². The van der Waals surface area contributed by atoms with Gasteiger partial charge >= 0.3 is 0 Å². The Balaban J connectivity index is 0.812. The Hall–Kier alpha value is -12.0. The monoisotopic (exact) mass is 1160 g/mol. The summed E-state index contributed by atoms with van der Waals surface area (Å²) >= 11 is 0. The quantitative estimate of drug-likeness (QED) is 0.127. The molecule has 0 radical (unpaired) electrons. The van der Waals surface area contributed by atoms with Crippen molar-refractivity contribution < 1.29 is 4.42 Å². The van der Waals surface area contributed by atoms with Crippen molar-refractivity contribution in [3.63, 3.8) is 0 Å². The van der Waals surface area contributed by atoms with Crippen LogP contribution < -0.4 is 9.80 Å². The summed E-state index contributed by atoms with van der Waals surface area (Å²) in [7, 11) is 0. The Kier molecular flexibility index (Phi) is 12.2. The molecule has 91 heavy (non-hydrogen) atoms. The molecule has 18 aromatic rings. The lowest BCUT2D eigenvalue weighted by Gasteiger charge is -2.32. The molecule has 3 heteroatoms.